The third-order valence-corrected chi connectivity index (χ3v) is 7.22. The zero-order chi connectivity index (χ0) is 24.6. The van der Waals surface area contributed by atoms with Gasteiger partial charge in [-0.05, 0) is 55.7 Å². The summed E-state index contributed by atoms with van der Waals surface area (Å²) >= 11 is 6.15. The van der Waals surface area contributed by atoms with E-state index < -0.39 is 5.41 Å². The van der Waals surface area contributed by atoms with Gasteiger partial charge in [-0.25, -0.2) is 9.18 Å². The molecule has 2 aliphatic heterocycles. The third-order valence-electron chi connectivity index (χ3n) is 7.02. The zero-order valence-electron chi connectivity index (χ0n) is 19.2. The molecule has 0 radical (unpaired) electrons. The molecule has 180 valence electrons. The van der Waals surface area contributed by atoms with Gasteiger partial charge < -0.3 is 15.1 Å². The van der Waals surface area contributed by atoms with Crippen molar-refractivity contribution in [2.24, 2.45) is 5.41 Å². The second-order valence-electron chi connectivity index (χ2n) is 9.06. The largest absolute Gasteiger partial charge is 0.331 e. The van der Waals surface area contributed by atoms with Gasteiger partial charge in [-0.15, -0.1) is 0 Å². The standard InChI is InChI=1S/C26H25ClFN5O2/c1-17(18-5-7-20(28)8-6-18)31-25(35)32-12-9-26(10-13-32)23(22-4-2-3-11-30-22)33(24(26)34)21-14-19(27)15-29-16-21/h2-8,11,14-17,23H,9-10,12-13H2,1H3,(H,31,35)/t17-,23?/m0/s1. The molecule has 0 aliphatic carbocycles. The Bertz CT molecular complexity index is 1230. The zero-order valence-corrected chi connectivity index (χ0v) is 20.0. The highest BCUT2D eigenvalue weighted by Gasteiger charge is 2.62. The maximum Gasteiger partial charge on any atom is 0.317 e. The molecule has 0 bridgehead atoms. The number of β-lactam (4-membered cyclic amide) rings is 1. The van der Waals surface area contributed by atoms with Crippen LogP contribution in [0.2, 0.25) is 5.02 Å². The third kappa shape index (κ3) is 4.23. The number of carbonyl (C=O) groups is 2. The number of hydrogen-bond acceptors (Lipinski definition) is 4. The van der Waals surface area contributed by atoms with E-state index in [2.05, 4.69) is 15.3 Å². The summed E-state index contributed by atoms with van der Waals surface area (Å²) in [5, 5.41) is 3.43. The van der Waals surface area contributed by atoms with Crippen LogP contribution in [0.5, 0.6) is 0 Å². The molecule has 3 aromatic rings. The molecule has 9 heteroatoms. The number of benzene rings is 1. The number of amides is 3. The molecule has 2 aromatic heterocycles. The van der Waals surface area contributed by atoms with Crippen LogP contribution in [0.15, 0.2) is 67.1 Å². The summed E-state index contributed by atoms with van der Waals surface area (Å²) in [6.07, 6.45) is 5.93. The molecule has 0 saturated carbocycles. The first-order chi connectivity index (χ1) is 16.9. The van der Waals surface area contributed by atoms with Crippen molar-refractivity contribution in [2.45, 2.75) is 31.8 Å². The second-order valence-corrected chi connectivity index (χ2v) is 9.50. The Labute approximate surface area is 207 Å². The lowest BCUT2D eigenvalue weighted by Crippen LogP contribution is -2.67. The van der Waals surface area contributed by atoms with Crippen LogP contribution in [-0.4, -0.2) is 39.9 Å². The Morgan fingerprint density at radius 1 is 1.17 bits per heavy atom. The molecule has 7 nitrogen and oxygen atoms in total. The van der Waals surface area contributed by atoms with Crippen LogP contribution in [0.4, 0.5) is 14.9 Å². The van der Waals surface area contributed by atoms with Crippen LogP contribution in [0.3, 0.4) is 0 Å². The molecule has 2 saturated heterocycles. The molecule has 3 amide bonds. The molecular weight excluding hydrogens is 469 g/mol. The topological polar surface area (TPSA) is 78.4 Å². The Hall–Kier alpha value is -3.52. The SMILES string of the molecule is C[C@H](NC(=O)N1CCC2(CC1)C(=O)N(c1cncc(Cl)c1)C2c1ccccn1)c1ccc(F)cc1. The van der Waals surface area contributed by atoms with Gasteiger partial charge in [0.2, 0.25) is 5.91 Å². The van der Waals surface area contributed by atoms with E-state index >= 15 is 0 Å². The van der Waals surface area contributed by atoms with Gasteiger partial charge in [0, 0.05) is 25.5 Å². The van der Waals surface area contributed by atoms with Gasteiger partial charge >= 0.3 is 6.03 Å². The Morgan fingerprint density at radius 3 is 2.57 bits per heavy atom. The maximum atomic E-state index is 13.6. The highest BCUT2D eigenvalue weighted by atomic mass is 35.5. The molecule has 1 spiro atoms. The van der Waals surface area contributed by atoms with Gasteiger partial charge in [-0.2, -0.15) is 0 Å². The highest BCUT2D eigenvalue weighted by Crippen LogP contribution is 2.57. The lowest BCUT2D eigenvalue weighted by Gasteiger charge is -2.58. The lowest BCUT2D eigenvalue weighted by atomic mass is 9.63. The normalized spacial score (nSPS) is 19.9. The van der Waals surface area contributed by atoms with Crippen molar-refractivity contribution >= 4 is 29.2 Å². The van der Waals surface area contributed by atoms with E-state index in [9.17, 15) is 14.0 Å². The van der Waals surface area contributed by atoms with E-state index in [0.717, 1.165) is 11.3 Å². The van der Waals surface area contributed by atoms with Gasteiger partial charge in [-0.1, -0.05) is 29.8 Å². The van der Waals surface area contributed by atoms with Crippen LogP contribution in [0.25, 0.3) is 0 Å². The smallest absolute Gasteiger partial charge is 0.317 e. The molecule has 1 unspecified atom stereocenters. The number of rotatable bonds is 4. The molecule has 5 rings (SSSR count). The molecular formula is C26H25ClFN5O2. The van der Waals surface area contributed by atoms with Crippen molar-refractivity contribution in [3.05, 3.63) is 89.2 Å². The van der Waals surface area contributed by atoms with Gasteiger partial charge in [0.1, 0.15) is 5.82 Å². The van der Waals surface area contributed by atoms with Crippen molar-refractivity contribution < 1.29 is 14.0 Å². The number of anilines is 1. The van der Waals surface area contributed by atoms with Crippen molar-refractivity contribution in [2.75, 3.05) is 18.0 Å². The molecule has 2 atom stereocenters. The van der Waals surface area contributed by atoms with Crippen LogP contribution in [0, 0.1) is 11.2 Å². The average molecular weight is 494 g/mol. The minimum atomic E-state index is -0.643. The number of nitrogens with zero attached hydrogens (tertiary/aromatic N) is 4. The van der Waals surface area contributed by atoms with E-state index in [0.29, 0.717) is 36.6 Å². The lowest BCUT2D eigenvalue weighted by molar-refractivity contribution is -0.144. The van der Waals surface area contributed by atoms with Crippen LogP contribution in [0.1, 0.15) is 43.1 Å². The Balaban J connectivity index is 1.32. The number of piperidine rings is 1. The average Bonchev–Trinajstić information content (AvgIpc) is 2.87. The number of urea groups is 1. The fraction of sp³-hybridized carbons (Fsp3) is 0.308. The van der Waals surface area contributed by atoms with Crippen molar-refractivity contribution in [1.82, 2.24) is 20.2 Å². The monoisotopic (exact) mass is 493 g/mol. The first-order valence-corrected chi connectivity index (χ1v) is 11.9. The number of nitrogens with one attached hydrogen (secondary N) is 1. The Kier molecular flexibility index (Phi) is 6.15. The summed E-state index contributed by atoms with van der Waals surface area (Å²) in [6.45, 7) is 2.75. The molecule has 2 aliphatic rings. The summed E-state index contributed by atoms with van der Waals surface area (Å²) in [5.41, 5.74) is 1.62. The second kappa shape index (κ2) is 9.26. The number of hydrogen-bond donors (Lipinski definition) is 1. The van der Waals surface area contributed by atoms with Crippen molar-refractivity contribution in [3.8, 4) is 0 Å². The summed E-state index contributed by atoms with van der Waals surface area (Å²) in [4.78, 5) is 38.7. The summed E-state index contributed by atoms with van der Waals surface area (Å²) < 4.78 is 13.2. The molecule has 1 aromatic carbocycles. The van der Waals surface area contributed by atoms with Gasteiger partial charge in [0.05, 0.1) is 40.1 Å². The van der Waals surface area contributed by atoms with Crippen LogP contribution >= 0.6 is 11.6 Å². The highest BCUT2D eigenvalue weighted by molar-refractivity contribution is 6.30. The van der Waals surface area contributed by atoms with Crippen molar-refractivity contribution in [3.63, 3.8) is 0 Å². The number of halogens is 2. The van der Waals surface area contributed by atoms with E-state index in [1.54, 1.807) is 40.4 Å². The fourth-order valence-electron chi connectivity index (χ4n) is 5.11. The number of carbonyl (C=O) groups excluding carboxylic acids is 2. The molecule has 2 fully saturated rings. The van der Waals surface area contributed by atoms with Gasteiger partial charge in [0.15, 0.2) is 0 Å². The number of aromatic nitrogens is 2. The summed E-state index contributed by atoms with van der Waals surface area (Å²) in [6, 6.07) is 12.8. The van der Waals surface area contributed by atoms with E-state index in [1.165, 1.54) is 18.3 Å². The van der Waals surface area contributed by atoms with E-state index in [4.69, 9.17) is 11.6 Å². The predicted molar refractivity (Wildman–Crippen MR) is 130 cm³/mol. The summed E-state index contributed by atoms with van der Waals surface area (Å²) in [7, 11) is 0. The number of pyridine rings is 2. The Morgan fingerprint density at radius 2 is 1.91 bits per heavy atom. The van der Waals surface area contributed by atoms with E-state index in [-0.39, 0.29) is 29.8 Å². The number of likely N-dealkylation sites (tertiary alicyclic amines) is 1. The van der Waals surface area contributed by atoms with E-state index in [1.807, 2.05) is 25.1 Å². The van der Waals surface area contributed by atoms with Crippen LogP contribution < -0.4 is 10.2 Å². The van der Waals surface area contributed by atoms with Gasteiger partial charge in [-0.3, -0.25) is 14.8 Å². The first-order valence-electron chi connectivity index (χ1n) is 11.5. The molecule has 4 heterocycles. The summed E-state index contributed by atoms with van der Waals surface area (Å²) in [5.74, 6) is -0.319. The van der Waals surface area contributed by atoms with Gasteiger partial charge in [0.25, 0.3) is 0 Å². The van der Waals surface area contributed by atoms with Crippen molar-refractivity contribution in [1.29, 1.82) is 0 Å². The maximum absolute atomic E-state index is 13.6. The quantitative estimate of drug-likeness (QED) is 0.524. The molecule has 1 N–H and O–H groups in total. The fourth-order valence-corrected chi connectivity index (χ4v) is 5.28. The predicted octanol–water partition coefficient (Wildman–Crippen LogP) is 4.91. The minimum absolute atomic E-state index is 0.00282. The molecule has 35 heavy (non-hydrogen) atoms. The van der Waals surface area contributed by atoms with Crippen LogP contribution in [-0.2, 0) is 4.79 Å². The first kappa shape index (κ1) is 23.2. The minimum Gasteiger partial charge on any atom is -0.331 e.